The van der Waals surface area contributed by atoms with Crippen molar-refractivity contribution >= 4 is 27.3 Å². The highest BCUT2D eigenvalue weighted by Crippen LogP contribution is 2.21. The maximum atomic E-state index is 8.68. The van der Waals surface area contributed by atoms with Crippen LogP contribution >= 0.6 is 21.7 Å². The zero-order chi connectivity index (χ0) is 9.26. The van der Waals surface area contributed by atoms with Crippen LogP contribution in [0.25, 0.3) is 5.65 Å². The molecule has 0 radical (unpaired) electrons. The first-order valence-electron chi connectivity index (χ1n) is 3.37. The third kappa shape index (κ3) is 1.34. The predicted octanol–water partition coefficient (Wildman–Crippen LogP) is 1.85. The Morgan fingerprint density at radius 2 is 2.38 bits per heavy atom. The van der Waals surface area contributed by atoms with Crippen molar-refractivity contribution in [3.8, 4) is 6.07 Å². The van der Waals surface area contributed by atoms with Crippen LogP contribution in [0.1, 0.15) is 5.56 Å². The van der Waals surface area contributed by atoms with Gasteiger partial charge in [0.2, 0.25) is 0 Å². The van der Waals surface area contributed by atoms with E-state index < -0.39 is 0 Å². The maximum Gasteiger partial charge on any atom is 0.172 e. The SMILES string of the molecule is N#Cc1cnn2cc(SCl)cnc12. The first-order valence-corrected chi connectivity index (χ1v) is 5.01. The van der Waals surface area contributed by atoms with Gasteiger partial charge >= 0.3 is 0 Å². The number of halogens is 1. The van der Waals surface area contributed by atoms with Gasteiger partial charge in [0.05, 0.1) is 11.1 Å². The molecule has 0 fully saturated rings. The smallest absolute Gasteiger partial charge is 0.172 e. The molecule has 0 N–H and O–H groups in total. The Labute approximate surface area is 82.6 Å². The van der Waals surface area contributed by atoms with Crippen LogP contribution in [0.3, 0.4) is 0 Å². The Morgan fingerprint density at radius 1 is 1.54 bits per heavy atom. The topological polar surface area (TPSA) is 54.0 Å². The first kappa shape index (κ1) is 8.35. The molecule has 0 atom stereocenters. The molecule has 0 aliphatic rings. The molecule has 64 valence electrons. The molecule has 0 amide bonds. The normalized spacial score (nSPS) is 10.2. The average Bonchev–Trinajstić information content (AvgIpc) is 2.59. The lowest BCUT2D eigenvalue weighted by Gasteiger charge is -1.94. The number of nitrogens with zero attached hydrogens (tertiary/aromatic N) is 4. The number of hydrogen-bond donors (Lipinski definition) is 0. The third-order valence-electron chi connectivity index (χ3n) is 1.54. The Bertz CT molecular complexity index is 487. The van der Waals surface area contributed by atoms with Crippen molar-refractivity contribution in [1.29, 1.82) is 5.26 Å². The molecule has 2 rings (SSSR count). The summed E-state index contributed by atoms with van der Waals surface area (Å²) in [7, 11) is 6.61. The van der Waals surface area contributed by atoms with Gasteiger partial charge < -0.3 is 0 Å². The van der Waals surface area contributed by atoms with Crippen LogP contribution in [-0.4, -0.2) is 14.6 Å². The van der Waals surface area contributed by atoms with E-state index in [2.05, 4.69) is 10.1 Å². The maximum absolute atomic E-state index is 8.68. The number of fused-ring (bicyclic) bond motifs is 1. The highest BCUT2D eigenvalue weighted by molar-refractivity contribution is 8.21. The van der Waals surface area contributed by atoms with Gasteiger partial charge in [0.15, 0.2) is 5.65 Å². The van der Waals surface area contributed by atoms with Crippen molar-refractivity contribution in [2.24, 2.45) is 0 Å². The molecule has 0 aliphatic heterocycles. The molecule has 4 nitrogen and oxygen atoms in total. The monoisotopic (exact) mass is 210 g/mol. The lowest BCUT2D eigenvalue weighted by Crippen LogP contribution is -1.89. The summed E-state index contributed by atoms with van der Waals surface area (Å²) >= 11 is 0. The molecule has 0 saturated heterocycles. The van der Waals surface area contributed by atoms with Crippen LogP contribution in [0.5, 0.6) is 0 Å². The summed E-state index contributed by atoms with van der Waals surface area (Å²) in [5.41, 5.74) is 1.02. The molecule has 0 spiro atoms. The standard InChI is InChI=1S/C7H3ClN4S/c8-13-6-3-10-7-5(1-9)2-11-12(7)4-6/h2-4H. The highest BCUT2D eigenvalue weighted by atomic mass is 35.7. The van der Waals surface area contributed by atoms with Gasteiger partial charge in [-0.3, -0.25) is 0 Å². The van der Waals surface area contributed by atoms with E-state index in [1.54, 1.807) is 12.4 Å². The fourth-order valence-electron chi connectivity index (χ4n) is 0.976. The summed E-state index contributed by atoms with van der Waals surface area (Å²) in [5, 5.41) is 12.6. The molecule has 0 aliphatic carbocycles. The molecule has 0 unspecified atom stereocenters. The van der Waals surface area contributed by atoms with E-state index in [9.17, 15) is 0 Å². The first-order chi connectivity index (χ1) is 6.35. The number of aromatic nitrogens is 3. The Balaban J connectivity index is 2.70. The second-order valence-electron chi connectivity index (χ2n) is 2.31. The lowest BCUT2D eigenvalue weighted by molar-refractivity contribution is 0.914. The molecule has 0 bridgehead atoms. The zero-order valence-corrected chi connectivity index (χ0v) is 7.88. The van der Waals surface area contributed by atoms with Gasteiger partial charge in [0, 0.05) is 12.4 Å². The largest absolute Gasteiger partial charge is 0.235 e. The average molecular weight is 211 g/mol. The molecule has 0 saturated carbocycles. The van der Waals surface area contributed by atoms with Gasteiger partial charge in [0.25, 0.3) is 0 Å². The van der Waals surface area contributed by atoms with E-state index in [1.807, 2.05) is 6.07 Å². The van der Waals surface area contributed by atoms with Crippen molar-refractivity contribution in [2.75, 3.05) is 0 Å². The van der Waals surface area contributed by atoms with Crippen LogP contribution in [0.4, 0.5) is 0 Å². The summed E-state index contributed by atoms with van der Waals surface area (Å²) in [6, 6.07) is 2.00. The number of rotatable bonds is 1. The van der Waals surface area contributed by atoms with Crippen molar-refractivity contribution in [2.45, 2.75) is 4.90 Å². The van der Waals surface area contributed by atoms with E-state index in [-0.39, 0.29) is 0 Å². The van der Waals surface area contributed by atoms with Crippen LogP contribution < -0.4 is 0 Å². The van der Waals surface area contributed by atoms with Crippen LogP contribution in [0.2, 0.25) is 0 Å². The molecule has 2 aromatic heterocycles. The molecule has 2 aromatic rings. The number of nitriles is 1. The minimum atomic E-state index is 0.464. The molecular formula is C7H3ClN4S. The second kappa shape index (κ2) is 3.24. The zero-order valence-electron chi connectivity index (χ0n) is 6.31. The summed E-state index contributed by atoms with van der Waals surface area (Å²) in [6.07, 6.45) is 4.81. The van der Waals surface area contributed by atoms with Gasteiger partial charge in [-0.1, -0.05) is 0 Å². The highest BCUT2D eigenvalue weighted by Gasteiger charge is 2.04. The predicted molar refractivity (Wildman–Crippen MR) is 49.4 cm³/mol. The number of hydrogen-bond acceptors (Lipinski definition) is 4. The van der Waals surface area contributed by atoms with Gasteiger partial charge in [-0.2, -0.15) is 10.4 Å². The van der Waals surface area contributed by atoms with E-state index in [1.165, 1.54) is 10.7 Å². The van der Waals surface area contributed by atoms with Gasteiger partial charge in [0.1, 0.15) is 11.6 Å². The summed E-state index contributed by atoms with van der Waals surface area (Å²) in [5.74, 6) is 0. The van der Waals surface area contributed by atoms with Crippen LogP contribution in [0, 0.1) is 11.3 Å². The van der Waals surface area contributed by atoms with Crippen LogP contribution in [0.15, 0.2) is 23.5 Å². The van der Waals surface area contributed by atoms with E-state index in [0.29, 0.717) is 11.2 Å². The van der Waals surface area contributed by atoms with Crippen molar-refractivity contribution < 1.29 is 0 Å². The third-order valence-corrected chi connectivity index (χ3v) is 2.47. The van der Waals surface area contributed by atoms with Crippen molar-refractivity contribution in [3.05, 3.63) is 24.2 Å². The Hall–Kier alpha value is -1.25. The van der Waals surface area contributed by atoms with E-state index in [0.717, 1.165) is 15.9 Å². The Kier molecular flexibility index (Phi) is 2.08. The minimum absolute atomic E-state index is 0.464. The summed E-state index contributed by atoms with van der Waals surface area (Å²) in [6.45, 7) is 0. The minimum Gasteiger partial charge on any atom is -0.235 e. The fourth-order valence-corrected chi connectivity index (χ4v) is 1.45. The molecular weight excluding hydrogens is 208 g/mol. The second-order valence-corrected chi connectivity index (χ2v) is 3.39. The van der Waals surface area contributed by atoms with Crippen molar-refractivity contribution in [1.82, 2.24) is 14.6 Å². The fraction of sp³-hybridized carbons (Fsp3) is 0. The lowest BCUT2D eigenvalue weighted by atomic mass is 10.4. The van der Waals surface area contributed by atoms with Crippen LogP contribution in [-0.2, 0) is 0 Å². The molecule has 0 aromatic carbocycles. The Morgan fingerprint density at radius 3 is 3.08 bits per heavy atom. The van der Waals surface area contributed by atoms with Gasteiger partial charge in [-0.05, 0) is 21.7 Å². The summed E-state index contributed by atoms with van der Waals surface area (Å²) < 4.78 is 1.53. The molecule has 2 heterocycles. The van der Waals surface area contributed by atoms with Gasteiger partial charge in [-0.25, -0.2) is 9.50 Å². The van der Waals surface area contributed by atoms with E-state index >= 15 is 0 Å². The van der Waals surface area contributed by atoms with Gasteiger partial charge in [-0.15, -0.1) is 0 Å². The van der Waals surface area contributed by atoms with Crippen molar-refractivity contribution in [3.63, 3.8) is 0 Å². The molecule has 13 heavy (non-hydrogen) atoms. The summed E-state index contributed by atoms with van der Waals surface area (Å²) in [4.78, 5) is 4.85. The van der Waals surface area contributed by atoms with E-state index in [4.69, 9.17) is 15.9 Å². The molecule has 6 heteroatoms. The quantitative estimate of drug-likeness (QED) is 0.721.